The third-order valence-electron chi connectivity index (χ3n) is 2.94. The molecule has 0 aliphatic heterocycles. The SMILES string of the molecule is Cl.OCCOc1ccc(CNCCCn2ccnc2)cc1. The number of hydrogen-bond acceptors (Lipinski definition) is 4. The minimum atomic E-state index is 0. The van der Waals surface area contributed by atoms with Crippen LogP contribution in [0, 0.1) is 0 Å². The van der Waals surface area contributed by atoms with Crippen LogP contribution in [0.15, 0.2) is 43.0 Å². The summed E-state index contributed by atoms with van der Waals surface area (Å²) in [4.78, 5) is 4.01. The summed E-state index contributed by atoms with van der Waals surface area (Å²) in [5.74, 6) is 0.794. The number of nitrogens with zero attached hydrogens (tertiary/aromatic N) is 2. The Hall–Kier alpha value is -1.56. The monoisotopic (exact) mass is 311 g/mol. The molecule has 0 atom stereocenters. The molecular weight excluding hydrogens is 290 g/mol. The van der Waals surface area contributed by atoms with Crippen LogP contribution in [0.5, 0.6) is 5.75 Å². The Morgan fingerprint density at radius 3 is 2.71 bits per heavy atom. The van der Waals surface area contributed by atoms with Gasteiger partial charge in [-0.05, 0) is 30.7 Å². The lowest BCUT2D eigenvalue weighted by atomic mass is 10.2. The van der Waals surface area contributed by atoms with Gasteiger partial charge in [0, 0.05) is 25.5 Å². The van der Waals surface area contributed by atoms with Crippen molar-refractivity contribution in [2.24, 2.45) is 0 Å². The predicted molar refractivity (Wildman–Crippen MR) is 84.8 cm³/mol. The van der Waals surface area contributed by atoms with Crippen molar-refractivity contribution in [3.05, 3.63) is 48.5 Å². The molecule has 2 rings (SSSR count). The number of aryl methyl sites for hydroxylation is 1. The van der Waals surface area contributed by atoms with Crippen LogP contribution in [0.2, 0.25) is 0 Å². The van der Waals surface area contributed by atoms with Gasteiger partial charge in [0.25, 0.3) is 0 Å². The molecule has 1 aromatic heterocycles. The third kappa shape index (κ3) is 6.62. The average Bonchev–Trinajstić information content (AvgIpc) is 2.99. The maximum atomic E-state index is 8.68. The Kier molecular flexibility index (Phi) is 8.50. The fraction of sp³-hybridized carbons (Fsp3) is 0.400. The molecule has 0 saturated carbocycles. The van der Waals surface area contributed by atoms with Gasteiger partial charge in [0.05, 0.1) is 12.9 Å². The third-order valence-corrected chi connectivity index (χ3v) is 2.94. The Labute approximate surface area is 131 Å². The van der Waals surface area contributed by atoms with Gasteiger partial charge in [0.15, 0.2) is 0 Å². The normalized spacial score (nSPS) is 10.1. The van der Waals surface area contributed by atoms with E-state index in [2.05, 4.69) is 14.9 Å². The molecule has 21 heavy (non-hydrogen) atoms. The first-order valence-electron chi connectivity index (χ1n) is 6.87. The molecule has 0 radical (unpaired) electrons. The van der Waals surface area contributed by atoms with E-state index in [0.29, 0.717) is 6.61 Å². The van der Waals surface area contributed by atoms with E-state index >= 15 is 0 Å². The lowest BCUT2D eigenvalue weighted by molar-refractivity contribution is 0.201. The summed E-state index contributed by atoms with van der Waals surface area (Å²) in [6, 6.07) is 7.93. The maximum absolute atomic E-state index is 8.68. The number of benzene rings is 1. The highest BCUT2D eigenvalue weighted by atomic mass is 35.5. The van der Waals surface area contributed by atoms with Crippen LogP contribution in [0.1, 0.15) is 12.0 Å². The van der Waals surface area contributed by atoms with Crippen molar-refractivity contribution >= 4 is 12.4 Å². The summed E-state index contributed by atoms with van der Waals surface area (Å²) in [7, 11) is 0. The smallest absolute Gasteiger partial charge is 0.119 e. The fourth-order valence-corrected chi connectivity index (χ4v) is 1.91. The van der Waals surface area contributed by atoms with E-state index in [0.717, 1.165) is 31.8 Å². The number of aliphatic hydroxyl groups excluding tert-OH is 1. The van der Waals surface area contributed by atoms with Gasteiger partial charge in [-0.15, -0.1) is 12.4 Å². The van der Waals surface area contributed by atoms with Crippen LogP contribution >= 0.6 is 12.4 Å². The van der Waals surface area contributed by atoms with E-state index in [4.69, 9.17) is 9.84 Å². The van der Waals surface area contributed by atoms with E-state index in [1.54, 1.807) is 6.20 Å². The van der Waals surface area contributed by atoms with Crippen LogP contribution in [0.3, 0.4) is 0 Å². The summed E-state index contributed by atoms with van der Waals surface area (Å²) >= 11 is 0. The van der Waals surface area contributed by atoms with Crippen molar-refractivity contribution < 1.29 is 9.84 Å². The number of hydrogen-bond donors (Lipinski definition) is 2. The summed E-state index contributed by atoms with van der Waals surface area (Å²) in [5, 5.41) is 12.1. The van der Waals surface area contributed by atoms with Gasteiger partial charge < -0.3 is 19.7 Å². The van der Waals surface area contributed by atoms with Gasteiger partial charge in [0.2, 0.25) is 0 Å². The lowest BCUT2D eigenvalue weighted by Gasteiger charge is -2.07. The Morgan fingerprint density at radius 2 is 2.05 bits per heavy atom. The zero-order chi connectivity index (χ0) is 14.0. The Bertz CT molecular complexity index is 474. The first-order chi connectivity index (χ1) is 9.88. The van der Waals surface area contributed by atoms with Crippen molar-refractivity contribution in [1.29, 1.82) is 0 Å². The summed E-state index contributed by atoms with van der Waals surface area (Å²) in [6.07, 6.45) is 6.69. The number of aromatic nitrogens is 2. The van der Waals surface area contributed by atoms with E-state index in [1.807, 2.05) is 36.8 Å². The topological polar surface area (TPSA) is 59.3 Å². The highest BCUT2D eigenvalue weighted by molar-refractivity contribution is 5.85. The summed E-state index contributed by atoms with van der Waals surface area (Å²) in [5.41, 5.74) is 1.23. The Balaban J connectivity index is 0.00000220. The first-order valence-corrected chi connectivity index (χ1v) is 6.87. The van der Waals surface area contributed by atoms with Crippen LogP contribution in [0.4, 0.5) is 0 Å². The molecule has 5 nitrogen and oxygen atoms in total. The maximum Gasteiger partial charge on any atom is 0.119 e. The number of rotatable bonds is 9. The minimum Gasteiger partial charge on any atom is -0.491 e. The van der Waals surface area contributed by atoms with Crippen molar-refractivity contribution in [3.63, 3.8) is 0 Å². The molecule has 0 amide bonds. The predicted octanol–water partition coefficient (Wildman–Crippen LogP) is 1.86. The van der Waals surface area contributed by atoms with Gasteiger partial charge in [0.1, 0.15) is 12.4 Å². The van der Waals surface area contributed by atoms with Gasteiger partial charge in [-0.1, -0.05) is 12.1 Å². The highest BCUT2D eigenvalue weighted by Crippen LogP contribution is 2.11. The molecule has 0 unspecified atom stereocenters. The summed E-state index contributed by atoms with van der Waals surface area (Å²) in [6.45, 7) is 3.19. The van der Waals surface area contributed by atoms with Gasteiger partial charge in [-0.2, -0.15) is 0 Å². The van der Waals surface area contributed by atoms with Crippen LogP contribution in [-0.4, -0.2) is 34.4 Å². The highest BCUT2D eigenvalue weighted by Gasteiger charge is 1.96. The summed E-state index contributed by atoms with van der Waals surface area (Å²) < 4.78 is 7.39. The molecule has 2 N–H and O–H groups in total. The van der Waals surface area contributed by atoms with Gasteiger partial charge in [-0.3, -0.25) is 0 Å². The second kappa shape index (κ2) is 10.2. The number of imidazole rings is 1. The zero-order valence-corrected chi connectivity index (χ0v) is 12.8. The fourth-order valence-electron chi connectivity index (χ4n) is 1.91. The quantitative estimate of drug-likeness (QED) is 0.694. The van der Waals surface area contributed by atoms with Crippen LogP contribution in [0.25, 0.3) is 0 Å². The molecule has 0 bridgehead atoms. The molecule has 0 saturated heterocycles. The molecule has 0 aliphatic carbocycles. The Morgan fingerprint density at radius 1 is 1.24 bits per heavy atom. The number of ether oxygens (including phenoxy) is 1. The van der Waals surface area contributed by atoms with Crippen LogP contribution in [-0.2, 0) is 13.1 Å². The second-order valence-electron chi connectivity index (χ2n) is 4.55. The van der Waals surface area contributed by atoms with E-state index in [1.165, 1.54) is 5.56 Å². The van der Waals surface area contributed by atoms with E-state index < -0.39 is 0 Å². The first kappa shape index (κ1) is 17.5. The molecule has 1 aromatic carbocycles. The molecule has 2 aromatic rings. The van der Waals surface area contributed by atoms with Crippen molar-refractivity contribution in [3.8, 4) is 5.75 Å². The molecule has 0 fully saturated rings. The number of aliphatic hydroxyl groups is 1. The van der Waals surface area contributed by atoms with Crippen molar-refractivity contribution in [2.45, 2.75) is 19.5 Å². The number of nitrogens with one attached hydrogen (secondary N) is 1. The molecule has 1 heterocycles. The number of halogens is 1. The molecule has 0 spiro atoms. The molecule has 0 aliphatic rings. The van der Waals surface area contributed by atoms with E-state index in [9.17, 15) is 0 Å². The van der Waals surface area contributed by atoms with Crippen LogP contribution < -0.4 is 10.1 Å². The molecular formula is C15H22ClN3O2. The second-order valence-corrected chi connectivity index (χ2v) is 4.55. The van der Waals surface area contributed by atoms with Gasteiger partial charge in [-0.25, -0.2) is 4.98 Å². The van der Waals surface area contributed by atoms with E-state index in [-0.39, 0.29) is 19.0 Å². The van der Waals surface area contributed by atoms with Crippen molar-refractivity contribution in [2.75, 3.05) is 19.8 Å². The minimum absolute atomic E-state index is 0. The standard InChI is InChI=1S/C15H21N3O2.ClH/c19-10-11-20-15-4-2-14(3-5-15)12-16-6-1-8-18-9-7-17-13-18;/h2-5,7,9,13,16,19H,1,6,8,10-12H2;1H. The van der Waals surface area contributed by atoms with Gasteiger partial charge >= 0.3 is 0 Å². The molecule has 6 heteroatoms. The largest absolute Gasteiger partial charge is 0.491 e. The van der Waals surface area contributed by atoms with Crippen molar-refractivity contribution in [1.82, 2.24) is 14.9 Å². The average molecular weight is 312 g/mol. The lowest BCUT2D eigenvalue weighted by Crippen LogP contribution is -2.16. The zero-order valence-electron chi connectivity index (χ0n) is 11.9. The molecule has 116 valence electrons.